The average molecular weight is 389 g/mol. The molecule has 2 N–H and O–H groups in total. The van der Waals surface area contributed by atoms with Crippen LogP contribution in [0.15, 0.2) is 24.3 Å². The van der Waals surface area contributed by atoms with E-state index in [0.29, 0.717) is 47.6 Å². The molecule has 2 heterocycles. The first-order chi connectivity index (χ1) is 13.1. The van der Waals surface area contributed by atoms with Crippen LogP contribution in [0.2, 0.25) is 0 Å². The van der Waals surface area contributed by atoms with Crippen LogP contribution >= 0.6 is 11.5 Å². The molecule has 0 bridgehead atoms. The molecule has 0 radical (unpaired) electrons. The number of likely N-dealkylation sites (tertiary alicyclic amines) is 1. The van der Waals surface area contributed by atoms with Crippen molar-refractivity contribution in [2.24, 2.45) is 5.92 Å². The van der Waals surface area contributed by atoms with Gasteiger partial charge in [0.1, 0.15) is 10.6 Å². The molecule has 9 heteroatoms. The van der Waals surface area contributed by atoms with E-state index in [1.165, 1.54) is 0 Å². The molecule has 0 saturated carbocycles. The predicted octanol–water partition coefficient (Wildman–Crippen LogP) is 2.53. The maximum Gasteiger partial charge on any atom is 0.319 e. The highest BCUT2D eigenvalue weighted by atomic mass is 32.1. The molecule has 144 valence electrons. The minimum absolute atomic E-state index is 0.00433. The minimum atomic E-state index is -0.242. The second-order valence-corrected chi connectivity index (χ2v) is 7.24. The highest BCUT2D eigenvalue weighted by molar-refractivity contribution is 7.07. The van der Waals surface area contributed by atoms with E-state index in [-0.39, 0.29) is 11.9 Å². The largest absolute Gasteiger partial charge is 0.497 e. The van der Waals surface area contributed by atoms with Gasteiger partial charge in [0.15, 0.2) is 0 Å². The van der Waals surface area contributed by atoms with Gasteiger partial charge in [-0.25, -0.2) is 4.79 Å². The summed E-state index contributed by atoms with van der Waals surface area (Å²) >= 11 is 1.14. The Morgan fingerprint density at radius 2 is 2.11 bits per heavy atom. The third kappa shape index (κ3) is 4.94. The zero-order valence-electron chi connectivity index (χ0n) is 15.4. The maximum absolute atomic E-state index is 12.5. The van der Waals surface area contributed by atoms with Crippen LogP contribution in [0, 0.1) is 12.8 Å². The summed E-state index contributed by atoms with van der Waals surface area (Å²) in [5.41, 5.74) is 1.36. The standard InChI is InChI=1S/C18H23N5O3S/c1-12-16(27-22-21-12)17(24)23-8-6-13(7-9-23)11-19-18(25)20-14-4-3-5-15(10-14)26-2/h3-5,10,13H,6-9,11H2,1-2H3,(H2,19,20,25). The lowest BCUT2D eigenvalue weighted by molar-refractivity contribution is 0.0694. The van der Waals surface area contributed by atoms with Crippen LogP contribution in [0.4, 0.5) is 10.5 Å². The molecule has 1 saturated heterocycles. The molecule has 0 unspecified atom stereocenters. The van der Waals surface area contributed by atoms with E-state index in [0.717, 1.165) is 24.4 Å². The molecule has 0 spiro atoms. The van der Waals surface area contributed by atoms with Crippen molar-refractivity contribution in [3.05, 3.63) is 34.8 Å². The number of hydrogen-bond acceptors (Lipinski definition) is 6. The monoisotopic (exact) mass is 389 g/mol. The zero-order chi connectivity index (χ0) is 19.2. The lowest BCUT2D eigenvalue weighted by Crippen LogP contribution is -2.42. The third-order valence-electron chi connectivity index (χ3n) is 4.63. The van der Waals surface area contributed by atoms with Crippen molar-refractivity contribution in [3.8, 4) is 5.75 Å². The molecule has 3 amide bonds. The second kappa shape index (κ2) is 8.81. The van der Waals surface area contributed by atoms with Crippen LogP contribution < -0.4 is 15.4 Å². The molecule has 27 heavy (non-hydrogen) atoms. The molecule has 1 fully saturated rings. The van der Waals surface area contributed by atoms with E-state index in [9.17, 15) is 9.59 Å². The van der Waals surface area contributed by atoms with Crippen molar-refractivity contribution in [2.45, 2.75) is 19.8 Å². The number of anilines is 1. The van der Waals surface area contributed by atoms with Crippen molar-refractivity contribution in [1.29, 1.82) is 0 Å². The fraction of sp³-hybridized carbons (Fsp3) is 0.444. The van der Waals surface area contributed by atoms with Gasteiger partial charge in [0.2, 0.25) is 0 Å². The SMILES string of the molecule is COc1cccc(NC(=O)NCC2CCN(C(=O)c3snnc3C)CC2)c1. The van der Waals surface area contributed by atoms with E-state index in [1.807, 2.05) is 23.1 Å². The van der Waals surface area contributed by atoms with Gasteiger partial charge >= 0.3 is 6.03 Å². The summed E-state index contributed by atoms with van der Waals surface area (Å²) in [6.07, 6.45) is 1.72. The van der Waals surface area contributed by atoms with Crippen LogP contribution in [0.3, 0.4) is 0 Å². The summed E-state index contributed by atoms with van der Waals surface area (Å²) in [4.78, 5) is 27.0. The number of hydrogen-bond donors (Lipinski definition) is 2. The Bertz CT molecular complexity index is 802. The molecule has 8 nitrogen and oxygen atoms in total. The highest BCUT2D eigenvalue weighted by Gasteiger charge is 2.26. The number of nitrogens with one attached hydrogen (secondary N) is 2. The average Bonchev–Trinajstić information content (AvgIpc) is 3.12. The molecule has 3 rings (SSSR count). The van der Waals surface area contributed by atoms with Gasteiger partial charge in [-0.2, -0.15) is 0 Å². The number of aromatic nitrogens is 2. The number of ether oxygens (including phenoxy) is 1. The number of carbonyl (C=O) groups excluding carboxylic acids is 2. The molecule has 1 aliphatic rings. The predicted molar refractivity (Wildman–Crippen MR) is 103 cm³/mol. The number of nitrogens with zero attached hydrogens (tertiary/aromatic N) is 3. The number of aryl methyl sites for hydroxylation is 1. The lowest BCUT2D eigenvalue weighted by atomic mass is 9.96. The normalized spacial score (nSPS) is 14.7. The van der Waals surface area contributed by atoms with Crippen molar-refractivity contribution >= 4 is 29.2 Å². The van der Waals surface area contributed by atoms with Crippen molar-refractivity contribution in [1.82, 2.24) is 19.8 Å². The summed E-state index contributed by atoms with van der Waals surface area (Å²) in [5, 5.41) is 9.61. The fourth-order valence-electron chi connectivity index (χ4n) is 3.02. The van der Waals surface area contributed by atoms with Gasteiger partial charge in [0, 0.05) is 31.4 Å². The van der Waals surface area contributed by atoms with Crippen molar-refractivity contribution in [3.63, 3.8) is 0 Å². The molecule has 0 aliphatic carbocycles. The molecule has 1 aliphatic heterocycles. The number of benzene rings is 1. The lowest BCUT2D eigenvalue weighted by Gasteiger charge is -2.31. The summed E-state index contributed by atoms with van der Waals surface area (Å²) in [7, 11) is 1.59. The van der Waals surface area contributed by atoms with Gasteiger partial charge in [-0.15, -0.1) is 5.10 Å². The van der Waals surface area contributed by atoms with E-state index >= 15 is 0 Å². The minimum Gasteiger partial charge on any atom is -0.497 e. The first kappa shape index (κ1) is 19.1. The summed E-state index contributed by atoms with van der Waals surface area (Å²) < 4.78 is 8.97. The van der Waals surface area contributed by atoms with Crippen LogP contribution in [0.25, 0.3) is 0 Å². The van der Waals surface area contributed by atoms with Gasteiger partial charge < -0.3 is 20.3 Å². The Morgan fingerprint density at radius 1 is 1.33 bits per heavy atom. The zero-order valence-corrected chi connectivity index (χ0v) is 16.2. The fourth-order valence-corrected chi connectivity index (χ4v) is 3.65. The summed E-state index contributed by atoms with van der Waals surface area (Å²) in [6.45, 7) is 3.74. The molecule has 2 aromatic rings. The Hall–Kier alpha value is -2.68. The molecular weight excluding hydrogens is 366 g/mol. The first-order valence-electron chi connectivity index (χ1n) is 8.84. The van der Waals surface area contributed by atoms with Gasteiger partial charge in [0.05, 0.1) is 12.8 Å². The van der Waals surface area contributed by atoms with Gasteiger partial charge in [-0.1, -0.05) is 10.6 Å². The molecule has 1 aromatic heterocycles. The Labute approximate surface area is 162 Å². The van der Waals surface area contributed by atoms with E-state index in [1.54, 1.807) is 20.1 Å². The van der Waals surface area contributed by atoms with E-state index < -0.39 is 0 Å². The van der Waals surface area contributed by atoms with Crippen LogP contribution in [0.1, 0.15) is 28.2 Å². The number of urea groups is 1. The van der Waals surface area contributed by atoms with Crippen molar-refractivity contribution in [2.75, 3.05) is 32.1 Å². The Kier molecular flexibility index (Phi) is 6.23. The summed E-state index contributed by atoms with van der Waals surface area (Å²) in [5.74, 6) is 1.05. The Morgan fingerprint density at radius 3 is 2.78 bits per heavy atom. The number of carbonyl (C=O) groups is 2. The number of methoxy groups -OCH3 is 1. The van der Waals surface area contributed by atoms with Gasteiger partial charge in [-0.05, 0) is 49.3 Å². The summed E-state index contributed by atoms with van der Waals surface area (Å²) in [6, 6.07) is 6.97. The first-order valence-corrected chi connectivity index (χ1v) is 9.61. The number of piperidine rings is 1. The molecular formula is C18H23N5O3S. The van der Waals surface area contributed by atoms with Crippen LogP contribution in [0.5, 0.6) is 5.75 Å². The van der Waals surface area contributed by atoms with Gasteiger partial charge in [-0.3, -0.25) is 4.79 Å². The van der Waals surface area contributed by atoms with E-state index in [4.69, 9.17) is 4.74 Å². The molecule has 0 atom stereocenters. The smallest absolute Gasteiger partial charge is 0.319 e. The van der Waals surface area contributed by atoms with Crippen LogP contribution in [-0.2, 0) is 0 Å². The second-order valence-electron chi connectivity index (χ2n) is 6.49. The van der Waals surface area contributed by atoms with E-state index in [2.05, 4.69) is 20.2 Å². The number of amides is 3. The molecule has 1 aromatic carbocycles. The van der Waals surface area contributed by atoms with Crippen molar-refractivity contribution < 1.29 is 14.3 Å². The topological polar surface area (TPSA) is 96.5 Å². The maximum atomic E-state index is 12.5. The highest BCUT2D eigenvalue weighted by Crippen LogP contribution is 2.21. The Balaban J connectivity index is 1.42. The quantitative estimate of drug-likeness (QED) is 0.819. The number of rotatable bonds is 5. The van der Waals surface area contributed by atoms with Crippen LogP contribution in [-0.4, -0.2) is 53.2 Å². The van der Waals surface area contributed by atoms with Gasteiger partial charge in [0.25, 0.3) is 5.91 Å². The third-order valence-corrected chi connectivity index (χ3v) is 5.44.